The van der Waals surface area contributed by atoms with Gasteiger partial charge in [-0.2, -0.15) is 0 Å². The maximum atomic E-state index is 13.7. The number of ether oxygens (including phenoxy) is 1. The van der Waals surface area contributed by atoms with Gasteiger partial charge in [0.15, 0.2) is 0 Å². The average molecular weight is 347 g/mol. The molecule has 128 valence electrons. The minimum absolute atomic E-state index is 0.370. The van der Waals surface area contributed by atoms with Gasteiger partial charge in [-0.15, -0.1) is 0 Å². The van der Waals surface area contributed by atoms with Crippen LogP contribution in [0.4, 0.5) is 4.39 Å². The van der Waals surface area contributed by atoms with E-state index in [2.05, 4.69) is 4.40 Å². The number of rotatable bonds is 5. The van der Waals surface area contributed by atoms with E-state index in [4.69, 9.17) is 4.74 Å². The maximum Gasteiger partial charge on any atom is 0.144 e. The average Bonchev–Trinajstić information content (AvgIpc) is 2.53. The maximum absolute atomic E-state index is 13.7. The van der Waals surface area contributed by atoms with Gasteiger partial charge in [0.1, 0.15) is 34.3 Å². The Kier molecular flexibility index (Phi) is 6.02. The van der Waals surface area contributed by atoms with E-state index >= 15 is 0 Å². The van der Waals surface area contributed by atoms with Crippen LogP contribution in [0.2, 0.25) is 0 Å². The van der Waals surface area contributed by atoms with Crippen molar-refractivity contribution in [3.8, 4) is 5.75 Å². The molecule has 0 saturated heterocycles. The molecule has 0 N–H and O–H groups in total. The van der Waals surface area contributed by atoms with Crippen molar-refractivity contribution in [2.75, 3.05) is 0 Å². The lowest BCUT2D eigenvalue weighted by Crippen LogP contribution is -2.26. The van der Waals surface area contributed by atoms with Crippen LogP contribution < -0.4 is 4.74 Å². The van der Waals surface area contributed by atoms with E-state index in [0.29, 0.717) is 23.6 Å². The van der Waals surface area contributed by atoms with Gasteiger partial charge in [0.2, 0.25) is 0 Å². The van der Waals surface area contributed by atoms with Crippen molar-refractivity contribution in [1.82, 2.24) is 0 Å². The minimum Gasteiger partial charge on any atom is -0.591 e. The highest BCUT2D eigenvalue weighted by molar-refractivity contribution is 7.91. The molecule has 1 atom stereocenters. The number of hydrogen-bond acceptors (Lipinski definition) is 3. The van der Waals surface area contributed by atoms with E-state index in [-0.39, 0.29) is 5.82 Å². The molecule has 0 heterocycles. The third-order valence-corrected chi connectivity index (χ3v) is 4.80. The molecule has 2 aromatic rings. The van der Waals surface area contributed by atoms with Gasteiger partial charge < -0.3 is 9.29 Å². The van der Waals surface area contributed by atoms with Crippen LogP contribution in [-0.2, 0) is 18.0 Å². The van der Waals surface area contributed by atoms with E-state index in [1.54, 1.807) is 13.0 Å². The Balaban J connectivity index is 2.25. The number of halogens is 1. The summed E-state index contributed by atoms with van der Waals surface area (Å²) in [6, 6.07) is 14.0. The van der Waals surface area contributed by atoms with Crippen molar-refractivity contribution in [2.45, 2.75) is 39.0 Å². The highest BCUT2D eigenvalue weighted by atomic mass is 32.2. The van der Waals surface area contributed by atoms with Gasteiger partial charge in [-0.05, 0) is 51.5 Å². The predicted molar refractivity (Wildman–Crippen MR) is 97.3 cm³/mol. The quantitative estimate of drug-likeness (QED) is 0.582. The molecule has 0 radical (unpaired) electrons. The molecule has 0 aliphatic heterocycles. The molecule has 0 saturated carbocycles. The molecule has 0 bridgehead atoms. The molecule has 0 aromatic heterocycles. The lowest BCUT2D eigenvalue weighted by molar-refractivity contribution is 0.305. The van der Waals surface area contributed by atoms with Crippen LogP contribution in [0.3, 0.4) is 0 Å². The summed E-state index contributed by atoms with van der Waals surface area (Å²) in [6.07, 6.45) is 0. The third-order valence-electron chi connectivity index (χ3n) is 3.31. The first kappa shape index (κ1) is 18.5. The van der Waals surface area contributed by atoms with Crippen molar-refractivity contribution in [2.24, 2.45) is 4.40 Å². The lowest BCUT2D eigenvalue weighted by Gasteiger charge is -2.19. The molecule has 0 aliphatic rings. The van der Waals surface area contributed by atoms with Gasteiger partial charge in [-0.3, -0.25) is 0 Å². The molecule has 0 amide bonds. The fourth-order valence-corrected chi connectivity index (χ4v) is 2.58. The second-order valence-electron chi connectivity index (χ2n) is 6.45. The first-order valence-corrected chi connectivity index (χ1v) is 8.82. The Bertz CT molecular complexity index is 711. The second-order valence-corrected chi connectivity index (χ2v) is 8.36. The van der Waals surface area contributed by atoms with Crippen molar-refractivity contribution in [1.29, 1.82) is 0 Å². The van der Waals surface area contributed by atoms with Crippen molar-refractivity contribution >= 4 is 17.1 Å². The van der Waals surface area contributed by atoms with E-state index in [1.807, 2.05) is 51.1 Å². The van der Waals surface area contributed by atoms with Crippen LogP contribution in [0, 0.1) is 5.82 Å². The van der Waals surface area contributed by atoms with Gasteiger partial charge in [0, 0.05) is 5.56 Å². The smallest absolute Gasteiger partial charge is 0.144 e. The van der Waals surface area contributed by atoms with Crippen molar-refractivity contribution < 1.29 is 13.7 Å². The van der Waals surface area contributed by atoms with Gasteiger partial charge >= 0.3 is 0 Å². The Morgan fingerprint density at radius 1 is 1.17 bits per heavy atom. The second kappa shape index (κ2) is 7.81. The van der Waals surface area contributed by atoms with Gasteiger partial charge in [0.25, 0.3) is 0 Å². The zero-order valence-electron chi connectivity index (χ0n) is 14.4. The zero-order chi connectivity index (χ0) is 17.7. The van der Waals surface area contributed by atoms with Gasteiger partial charge in [-0.25, -0.2) is 4.39 Å². The summed E-state index contributed by atoms with van der Waals surface area (Å²) < 4.78 is 35.4. The fraction of sp³-hybridized carbons (Fsp3) is 0.316. The molecule has 5 heteroatoms. The molecule has 0 unspecified atom stereocenters. The largest absolute Gasteiger partial charge is 0.591 e. The van der Waals surface area contributed by atoms with Crippen LogP contribution in [0.5, 0.6) is 5.75 Å². The minimum atomic E-state index is -1.41. The molecule has 0 fully saturated rings. The van der Waals surface area contributed by atoms with Crippen LogP contribution >= 0.6 is 0 Å². The summed E-state index contributed by atoms with van der Waals surface area (Å²) in [5.41, 5.74) is 2.02. The normalized spacial score (nSPS) is 13.7. The van der Waals surface area contributed by atoms with E-state index in [0.717, 1.165) is 5.56 Å². The van der Waals surface area contributed by atoms with Crippen LogP contribution in [-0.4, -0.2) is 15.0 Å². The predicted octanol–water partition coefficient (Wildman–Crippen LogP) is 4.68. The van der Waals surface area contributed by atoms with E-state index < -0.39 is 16.1 Å². The summed E-state index contributed by atoms with van der Waals surface area (Å²) in [5, 5.41) is 0. The highest BCUT2D eigenvalue weighted by Crippen LogP contribution is 2.24. The lowest BCUT2D eigenvalue weighted by atomic mass is 10.1. The SMILES string of the molecule is C/C(=N\[S@@+]([O-])C(C)(C)C)c1cc(F)ccc1OCc1ccccc1. The van der Waals surface area contributed by atoms with Gasteiger partial charge in [0.05, 0.1) is 5.71 Å². The summed E-state index contributed by atoms with van der Waals surface area (Å²) in [6.45, 7) is 7.62. The summed E-state index contributed by atoms with van der Waals surface area (Å²) in [4.78, 5) is 0. The molecular formula is C19H22FNO2S. The van der Waals surface area contributed by atoms with Crippen molar-refractivity contribution in [3.63, 3.8) is 0 Å². The third kappa shape index (κ3) is 5.08. The molecule has 2 rings (SSSR count). The van der Waals surface area contributed by atoms with Crippen LogP contribution in [0.25, 0.3) is 0 Å². The highest BCUT2D eigenvalue weighted by Gasteiger charge is 2.27. The Hall–Kier alpha value is -1.85. The van der Waals surface area contributed by atoms with Crippen LogP contribution in [0.15, 0.2) is 52.9 Å². The molecule has 24 heavy (non-hydrogen) atoms. The number of nitrogens with zero attached hydrogens (tertiary/aromatic N) is 1. The fourth-order valence-electron chi connectivity index (χ4n) is 1.96. The molecule has 2 aromatic carbocycles. The Labute approximate surface area is 145 Å². The Morgan fingerprint density at radius 2 is 1.83 bits per heavy atom. The first-order chi connectivity index (χ1) is 11.3. The number of hydrogen-bond donors (Lipinski definition) is 0. The monoisotopic (exact) mass is 347 g/mol. The summed E-state index contributed by atoms with van der Waals surface area (Å²) >= 11 is -1.41. The van der Waals surface area contributed by atoms with Gasteiger partial charge in [-0.1, -0.05) is 34.7 Å². The first-order valence-electron chi connectivity index (χ1n) is 7.71. The van der Waals surface area contributed by atoms with Crippen molar-refractivity contribution in [3.05, 3.63) is 65.5 Å². The molecule has 0 spiro atoms. The molecule has 3 nitrogen and oxygen atoms in total. The van der Waals surface area contributed by atoms with Crippen LogP contribution in [0.1, 0.15) is 38.8 Å². The standard InChI is InChI=1S/C19H22FNO2S/c1-14(21-24(22)19(2,3)4)17-12-16(20)10-11-18(17)23-13-15-8-6-5-7-9-15/h5-12H,13H2,1-4H3/b21-14+/t24-/m0/s1. The zero-order valence-corrected chi connectivity index (χ0v) is 15.2. The van der Waals surface area contributed by atoms with E-state index in [9.17, 15) is 8.94 Å². The number of benzene rings is 2. The Morgan fingerprint density at radius 3 is 2.46 bits per heavy atom. The molecule has 0 aliphatic carbocycles. The summed E-state index contributed by atoms with van der Waals surface area (Å²) in [7, 11) is 0. The summed E-state index contributed by atoms with van der Waals surface area (Å²) in [5.74, 6) is 0.139. The molecular weight excluding hydrogens is 325 g/mol. The topological polar surface area (TPSA) is 44.7 Å². The van der Waals surface area contributed by atoms with E-state index in [1.165, 1.54) is 12.1 Å².